The maximum absolute atomic E-state index is 10.9. The number of carbonyl (C=O) groups excluding carboxylic acids is 1. The van der Waals surface area contributed by atoms with E-state index in [1.165, 1.54) is 13.2 Å². The van der Waals surface area contributed by atoms with Crippen LogP contribution in [-0.4, -0.2) is 23.0 Å². The van der Waals surface area contributed by atoms with Gasteiger partial charge in [0.05, 0.1) is 7.11 Å². The zero-order valence-electron chi connectivity index (χ0n) is 6.24. The van der Waals surface area contributed by atoms with Gasteiger partial charge in [-0.25, -0.2) is 14.8 Å². The first-order chi connectivity index (χ1) is 5.63. The fraction of sp³-hybridized carbons (Fsp3) is 0.167. The van der Waals surface area contributed by atoms with Crippen LogP contribution < -0.4 is 5.73 Å². The first-order valence-corrected chi connectivity index (χ1v) is 3.39. The van der Waals surface area contributed by atoms with E-state index < -0.39 is 5.97 Å². The number of rotatable bonds is 1. The Morgan fingerprint density at radius 2 is 2.33 bits per heavy atom. The molecule has 0 bridgehead atoms. The molecule has 1 aromatic heterocycles. The van der Waals surface area contributed by atoms with Crippen LogP contribution in [0, 0.1) is 0 Å². The van der Waals surface area contributed by atoms with Crippen LogP contribution in [0.5, 0.6) is 0 Å². The molecular weight excluding hydrogens is 182 g/mol. The summed E-state index contributed by atoms with van der Waals surface area (Å²) in [4.78, 5) is 18.1. The van der Waals surface area contributed by atoms with E-state index in [-0.39, 0.29) is 16.8 Å². The fourth-order valence-electron chi connectivity index (χ4n) is 0.644. The number of halogens is 1. The Hall–Kier alpha value is -1.36. The Labute approximate surface area is 73.5 Å². The van der Waals surface area contributed by atoms with Crippen LogP contribution in [0.15, 0.2) is 6.07 Å². The first-order valence-electron chi connectivity index (χ1n) is 3.02. The third-order valence-electron chi connectivity index (χ3n) is 1.11. The van der Waals surface area contributed by atoms with Crippen LogP contribution in [0.1, 0.15) is 10.5 Å². The molecule has 0 aliphatic carbocycles. The Morgan fingerprint density at radius 3 is 2.83 bits per heavy atom. The molecule has 0 aromatic carbocycles. The van der Waals surface area contributed by atoms with Gasteiger partial charge in [-0.2, -0.15) is 0 Å². The number of carbonyl (C=O) groups is 1. The molecule has 1 rings (SSSR count). The molecule has 0 aliphatic rings. The molecule has 0 atom stereocenters. The molecule has 0 saturated heterocycles. The van der Waals surface area contributed by atoms with E-state index in [2.05, 4.69) is 14.7 Å². The number of nitrogens with two attached hydrogens (primary N) is 1. The summed E-state index contributed by atoms with van der Waals surface area (Å²) >= 11 is 5.51. The Bertz CT molecular complexity index is 295. The quantitative estimate of drug-likeness (QED) is 0.512. The van der Waals surface area contributed by atoms with Gasteiger partial charge in [0.15, 0.2) is 5.69 Å². The summed E-state index contributed by atoms with van der Waals surface area (Å²) < 4.78 is 4.40. The van der Waals surface area contributed by atoms with Gasteiger partial charge in [-0.1, -0.05) is 11.6 Å². The van der Waals surface area contributed by atoms with E-state index >= 15 is 0 Å². The molecule has 0 unspecified atom stereocenters. The standard InChI is InChI=1S/C6H6ClN3O2/c1-12-5(11)3-2-4(7)10-6(8)9-3/h2H,1H3,(H2,8,9,10). The molecule has 0 aliphatic heterocycles. The largest absolute Gasteiger partial charge is 0.464 e. The number of methoxy groups -OCH3 is 1. The molecule has 0 saturated carbocycles. The van der Waals surface area contributed by atoms with E-state index in [9.17, 15) is 4.79 Å². The second-order valence-electron chi connectivity index (χ2n) is 1.93. The third kappa shape index (κ3) is 1.82. The van der Waals surface area contributed by atoms with Crippen molar-refractivity contribution in [2.45, 2.75) is 0 Å². The van der Waals surface area contributed by atoms with Crippen molar-refractivity contribution in [3.05, 3.63) is 16.9 Å². The maximum atomic E-state index is 10.9. The first kappa shape index (κ1) is 8.73. The number of ether oxygens (including phenoxy) is 1. The van der Waals surface area contributed by atoms with Gasteiger partial charge in [0.2, 0.25) is 5.95 Å². The van der Waals surface area contributed by atoms with Gasteiger partial charge in [0, 0.05) is 6.07 Å². The summed E-state index contributed by atoms with van der Waals surface area (Å²) in [6.07, 6.45) is 0. The lowest BCUT2D eigenvalue weighted by Gasteiger charge is -1.98. The van der Waals surface area contributed by atoms with E-state index in [0.717, 1.165) is 0 Å². The lowest BCUT2D eigenvalue weighted by molar-refractivity contribution is 0.0594. The lowest BCUT2D eigenvalue weighted by atomic mass is 10.4. The van der Waals surface area contributed by atoms with E-state index in [0.29, 0.717) is 0 Å². The zero-order chi connectivity index (χ0) is 9.14. The minimum atomic E-state index is -0.592. The molecule has 1 heterocycles. The highest BCUT2D eigenvalue weighted by Gasteiger charge is 2.09. The average molecular weight is 188 g/mol. The zero-order valence-corrected chi connectivity index (χ0v) is 7.00. The van der Waals surface area contributed by atoms with Crippen LogP contribution in [0.4, 0.5) is 5.95 Å². The number of nitrogen functional groups attached to an aromatic ring is 1. The molecule has 12 heavy (non-hydrogen) atoms. The van der Waals surface area contributed by atoms with E-state index in [4.69, 9.17) is 17.3 Å². The molecule has 0 amide bonds. The van der Waals surface area contributed by atoms with Crippen molar-refractivity contribution < 1.29 is 9.53 Å². The number of aromatic nitrogens is 2. The summed E-state index contributed by atoms with van der Waals surface area (Å²) in [6, 6.07) is 1.28. The second-order valence-corrected chi connectivity index (χ2v) is 2.31. The van der Waals surface area contributed by atoms with Crippen LogP contribution in [0.3, 0.4) is 0 Å². The highest BCUT2D eigenvalue weighted by Crippen LogP contribution is 2.08. The highest BCUT2D eigenvalue weighted by atomic mass is 35.5. The van der Waals surface area contributed by atoms with Gasteiger partial charge in [-0.3, -0.25) is 0 Å². The van der Waals surface area contributed by atoms with Crippen molar-refractivity contribution in [3.63, 3.8) is 0 Å². The normalized spacial score (nSPS) is 9.50. The lowest BCUT2D eigenvalue weighted by Crippen LogP contribution is -2.07. The van der Waals surface area contributed by atoms with Crippen molar-refractivity contribution in [2.24, 2.45) is 0 Å². The van der Waals surface area contributed by atoms with Crippen molar-refractivity contribution >= 4 is 23.5 Å². The van der Waals surface area contributed by atoms with Gasteiger partial charge < -0.3 is 10.5 Å². The smallest absolute Gasteiger partial charge is 0.356 e. The summed E-state index contributed by atoms with van der Waals surface area (Å²) in [5, 5.41) is 0.114. The van der Waals surface area contributed by atoms with Gasteiger partial charge in [-0.05, 0) is 0 Å². The van der Waals surface area contributed by atoms with Crippen molar-refractivity contribution in [2.75, 3.05) is 12.8 Å². The third-order valence-corrected chi connectivity index (χ3v) is 1.30. The summed E-state index contributed by atoms with van der Waals surface area (Å²) in [6.45, 7) is 0. The summed E-state index contributed by atoms with van der Waals surface area (Å²) in [5.41, 5.74) is 5.29. The predicted octanol–water partition coefficient (Wildman–Crippen LogP) is 0.499. The molecule has 0 spiro atoms. The number of esters is 1. The van der Waals surface area contributed by atoms with Crippen LogP contribution in [-0.2, 0) is 4.74 Å². The van der Waals surface area contributed by atoms with Crippen LogP contribution in [0.25, 0.3) is 0 Å². The number of nitrogens with zero attached hydrogens (tertiary/aromatic N) is 2. The molecule has 5 nitrogen and oxygen atoms in total. The number of hydrogen-bond donors (Lipinski definition) is 1. The molecule has 0 radical (unpaired) electrons. The molecule has 64 valence electrons. The Balaban J connectivity index is 3.08. The van der Waals surface area contributed by atoms with Crippen LogP contribution in [0.2, 0.25) is 5.15 Å². The highest BCUT2D eigenvalue weighted by molar-refractivity contribution is 6.29. The molecular formula is C6H6ClN3O2. The summed E-state index contributed by atoms with van der Waals surface area (Å²) in [7, 11) is 1.24. The second kappa shape index (κ2) is 3.36. The minimum Gasteiger partial charge on any atom is -0.464 e. The number of anilines is 1. The molecule has 2 N–H and O–H groups in total. The average Bonchev–Trinajstić information content (AvgIpc) is 2.01. The molecule has 6 heteroatoms. The Kier molecular flexibility index (Phi) is 2.44. The van der Waals surface area contributed by atoms with Crippen molar-refractivity contribution in [1.29, 1.82) is 0 Å². The molecule has 0 fully saturated rings. The predicted molar refractivity (Wildman–Crippen MR) is 42.8 cm³/mol. The van der Waals surface area contributed by atoms with Gasteiger partial charge in [0.25, 0.3) is 0 Å². The Morgan fingerprint density at radius 1 is 1.67 bits per heavy atom. The summed E-state index contributed by atoms with van der Waals surface area (Å²) in [5.74, 6) is -0.645. The van der Waals surface area contributed by atoms with Crippen molar-refractivity contribution in [1.82, 2.24) is 9.97 Å². The minimum absolute atomic E-state index is 0.0509. The van der Waals surface area contributed by atoms with Gasteiger partial charge in [-0.15, -0.1) is 0 Å². The topological polar surface area (TPSA) is 78.1 Å². The molecule has 1 aromatic rings. The van der Waals surface area contributed by atoms with E-state index in [1.807, 2.05) is 0 Å². The maximum Gasteiger partial charge on any atom is 0.356 e. The van der Waals surface area contributed by atoms with Crippen molar-refractivity contribution in [3.8, 4) is 0 Å². The van der Waals surface area contributed by atoms with Crippen LogP contribution >= 0.6 is 11.6 Å². The van der Waals surface area contributed by atoms with Gasteiger partial charge in [0.1, 0.15) is 5.15 Å². The van der Waals surface area contributed by atoms with E-state index in [1.54, 1.807) is 0 Å². The number of hydrogen-bond acceptors (Lipinski definition) is 5. The van der Waals surface area contributed by atoms with Gasteiger partial charge >= 0.3 is 5.97 Å². The monoisotopic (exact) mass is 187 g/mol. The SMILES string of the molecule is COC(=O)c1cc(Cl)nc(N)n1. The fourth-order valence-corrected chi connectivity index (χ4v) is 0.834.